The molecular formula is C32H30F3N3O6. The Bertz CT molecular complexity index is 1610. The number of benzene rings is 4. The Hall–Kier alpha value is -4.94. The van der Waals surface area contributed by atoms with Crippen LogP contribution in [0.15, 0.2) is 84.9 Å². The summed E-state index contributed by atoms with van der Waals surface area (Å²) in [4.78, 5) is 35.5. The molecule has 0 bridgehead atoms. The number of hydrogen-bond acceptors (Lipinski definition) is 6. The number of alkyl halides is 3. The van der Waals surface area contributed by atoms with Crippen molar-refractivity contribution in [3.05, 3.63) is 107 Å². The van der Waals surface area contributed by atoms with Crippen molar-refractivity contribution in [1.82, 2.24) is 10.6 Å². The first kappa shape index (κ1) is 32.0. The molecule has 0 saturated heterocycles. The molecule has 3 amide bonds. The summed E-state index contributed by atoms with van der Waals surface area (Å²) in [6, 6.07) is 22.2. The molecule has 0 saturated carbocycles. The molecule has 4 aromatic rings. The van der Waals surface area contributed by atoms with Crippen molar-refractivity contribution in [3.8, 4) is 11.5 Å². The third kappa shape index (κ3) is 9.54. The van der Waals surface area contributed by atoms with Crippen LogP contribution in [0, 0.1) is 0 Å². The van der Waals surface area contributed by atoms with Gasteiger partial charge in [-0.1, -0.05) is 36.4 Å². The van der Waals surface area contributed by atoms with Gasteiger partial charge in [0.2, 0.25) is 11.8 Å². The molecule has 44 heavy (non-hydrogen) atoms. The Labute approximate surface area is 251 Å². The van der Waals surface area contributed by atoms with E-state index < -0.39 is 17.6 Å². The topological polar surface area (TPSA) is 129 Å². The quantitative estimate of drug-likeness (QED) is 0.178. The monoisotopic (exact) mass is 609 g/mol. The van der Waals surface area contributed by atoms with Gasteiger partial charge in [0.25, 0.3) is 5.91 Å². The van der Waals surface area contributed by atoms with Crippen LogP contribution in [0.2, 0.25) is 0 Å². The highest BCUT2D eigenvalue weighted by Gasteiger charge is 2.30. The van der Waals surface area contributed by atoms with Crippen LogP contribution >= 0.6 is 0 Å². The van der Waals surface area contributed by atoms with Crippen molar-refractivity contribution in [2.75, 3.05) is 26.4 Å². The Morgan fingerprint density at radius 3 is 2.09 bits per heavy atom. The van der Waals surface area contributed by atoms with Crippen molar-refractivity contribution in [2.24, 2.45) is 5.73 Å². The van der Waals surface area contributed by atoms with Gasteiger partial charge in [-0.25, -0.2) is 0 Å². The number of nitrogens with one attached hydrogen (secondary N) is 2. The van der Waals surface area contributed by atoms with Crippen LogP contribution in [0.1, 0.15) is 27.0 Å². The summed E-state index contributed by atoms with van der Waals surface area (Å²) in [5.41, 5.74) is 6.29. The van der Waals surface area contributed by atoms with Crippen molar-refractivity contribution in [1.29, 1.82) is 0 Å². The maximum atomic E-state index is 12.9. The minimum atomic E-state index is -4.43. The van der Waals surface area contributed by atoms with Gasteiger partial charge in [0, 0.05) is 24.0 Å². The first-order valence-corrected chi connectivity index (χ1v) is 13.5. The zero-order valence-electron chi connectivity index (χ0n) is 23.5. The van der Waals surface area contributed by atoms with Crippen molar-refractivity contribution in [2.45, 2.75) is 19.3 Å². The van der Waals surface area contributed by atoms with Crippen LogP contribution in [0.5, 0.6) is 11.5 Å². The summed E-state index contributed by atoms with van der Waals surface area (Å²) in [5.74, 6) is -0.494. The second-order valence-electron chi connectivity index (χ2n) is 9.67. The number of nitrogens with two attached hydrogens (primary N) is 1. The van der Waals surface area contributed by atoms with Crippen LogP contribution in [0.4, 0.5) is 13.2 Å². The SMILES string of the molecule is NC(=O)COCCOCC(=O)NCc1cccc(CNC(=O)c2ccc3c(Oc4ccc(C(F)(F)F)cc4)cccc3c2)c1. The molecule has 0 fully saturated rings. The van der Waals surface area contributed by atoms with E-state index >= 15 is 0 Å². The highest BCUT2D eigenvalue weighted by molar-refractivity contribution is 6.00. The second-order valence-corrected chi connectivity index (χ2v) is 9.67. The predicted octanol–water partition coefficient (Wildman–Crippen LogP) is 4.72. The lowest BCUT2D eigenvalue weighted by Gasteiger charge is -2.12. The molecule has 0 radical (unpaired) electrons. The number of rotatable bonds is 14. The largest absolute Gasteiger partial charge is 0.457 e. The minimum absolute atomic E-state index is 0.143. The average Bonchev–Trinajstić information content (AvgIpc) is 3.00. The van der Waals surface area contributed by atoms with Crippen LogP contribution in [-0.2, 0) is 38.3 Å². The van der Waals surface area contributed by atoms with Gasteiger partial charge in [0.05, 0.1) is 18.8 Å². The fraction of sp³-hybridized carbons (Fsp3) is 0.219. The predicted molar refractivity (Wildman–Crippen MR) is 156 cm³/mol. The molecular weight excluding hydrogens is 579 g/mol. The van der Waals surface area contributed by atoms with Gasteiger partial charge in [0.15, 0.2) is 0 Å². The van der Waals surface area contributed by atoms with Crippen LogP contribution in [0.3, 0.4) is 0 Å². The van der Waals surface area contributed by atoms with E-state index in [-0.39, 0.29) is 57.1 Å². The summed E-state index contributed by atoms with van der Waals surface area (Å²) in [6.45, 7) is 0.440. The molecule has 0 spiro atoms. The number of ether oxygens (including phenoxy) is 3. The lowest BCUT2D eigenvalue weighted by atomic mass is 10.1. The molecule has 0 aliphatic carbocycles. The van der Waals surface area contributed by atoms with E-state index in [0.717, 1.165) is 28.6 Å². The molecule has 0 aromatic heterocycles. The number of primary amides is 1. The van der Waals surface area contributed by atoms with E-state index in [9.17, 15) is 27.6 Å². The summed E-state index contributed by atoms with van der Waals surface area (Å²) >= 11 is 0. The van der Waals surface area contributed by atoms with Gasteiger partial charge in [-0.15, -0.1) is 0 Å². The molecule has 4 N–H and O–H groups in total. The van der Waals surface area contributed by atoms with Crippen LogP contribution in [-0.4, -0.2) is 44.1 Å². The first-order chi connectivity index (χ1) is 21.1. The van der Waals surface area contributed by atoms with E-state index in [1.807, 2.05) is 30.3 Å². The van der Waals surface area contributed by atoms with Crippen LogP contribution < -0.4 is 21.1 Å². The van der Waals surface area contributed by atoms with Crippen LogP contribution in [0.25, 0.3) is 10.8 Å². The Morgan fingerprint density at radius 2 is 1.41 bits per heavy atom. The Morgan fingerprint density at radius 1 is 0.750 bits per heavy atom. The van der Waals surface area contributed by atoms with Gasteiger partial charge in [0.1, 0.15) is 24.7 Å². The third-order valence-electron chi connectivity index (χ3n) is 6.30. The standard InChI is InChI=1S/C32H30F3N3O6/c33-32(34,35)25-8-10-26(11-9-25)44-28-6-2-5-23-16-24(7-12-27(23)28)31(41)38-18-22-4-1-3-21(15-22)17-37-30(40)20-43-14-13-42-19-29(36)39/h1-12,15-16H,13-14,17-20H2,(H2,36,39)(H,37,40)(H,38,41). The number of carbonyl (C=O) groups is 3. The smallest absolute Gasteiger partial charge is 0.416 e. The van der Waals surface area contributed by atoms with E-state index in [4.69, 9.17) is 19.9 Å². The fourth-order valence-corrected chi connectivity index (χ4v) is 4.16. The lowest BCUT2D eigenvalue weighted by molar-refractivity contribution is -0.137. The molecule has 0 aliphatic heterocycles. The van der Waals surface area contributed by atoms with Gasteiger partial charge >= 0.3 is 6.18 Å². The molecule has 4 aromatic carbocycles. The highest BCUT2D eigenvalue weighted by Crippen LogP contribution is 2.33. The van der Waals surface area contributed by atoms with Gasteiger partial charge < -0.3 is 30.6 Å². The normalized spacial score (nSPS) is 11.2. The number of fused-ring (bicyclic) bond motifs is 1. The van der Waals surface area contributed by atoms with Crippen molar-refractivity contribution < 1.29 is 41.8 Å². The number of halogens is 3. The fourth-order valence-electron chi connectivity index (χ4n) is 4.16. The van der Waals surface area contributed by atoms with Crippen molar-refractivity contribution in [3.63, 3.8) is 0 Å². The number of amides is 3. The van der Waals surface area contributed by atoms with Gasteiger partial charge in [-0.2, -0.15) is 13.2 Å². The van der Waals surface area contributed by atoms with Crippen molar-refractivity contribution >= 4 is 28.5 Å². The molecule has 12 heteroatoms. The summed E-state index contributed by atoms with van der Waals surface area (Å²) in [7, 11) is 0. The summed E-state index contributed by atoms with van der Waals surface area (Å²) < 4.78 is 54.5. The lowest BCUT2D eigenvalue weighted by Crippen LogP contribution is -2.28. The molecule has 230 valence electrons. The number of hydrogen-bond donors (Lipinski definition) is 3. The molecule has 0 heterocycles. The molecule has 9 nitrogen and oxygen atoms in total. The number of carbonyl (C=O) groups excluding carboxylic acids is 3. The van der Waals surface area contributed by atoms with E-state index in [1.54, 1.807) is 30.3 Å². The third-order valence-corrected chi connectivity index (χ3v) is 6.30. The maximum absolute atomic E-state index is 12.9. The van der Waals surface area contributed by atoms with E-state index in [0.29, 0.717) is 16.7 Å². The molecule has 0 aliphatic rings. The van der Waals surface area contributed by atoms with E-state index in [2.05, 4.69) is 10.6 Å². The van der Waals surface area contributed by atoms with Gasteiger partial charge in [-0.3, -0.25) is 14.4 Å². The minimum Gasteiger partial charge on any atom is -0.457 e. The summed E-state index contributed by atoms with van der Waals surface area (Å²) in [5, 5.41) is 7.05. The Kier molecular flexibility index (Phi) is 10.9. The summed E-state index contributed by atoms with van der Waals surface area (Å²) in [6.07, 6.45) is -4.43. The first-order valence-electron chi connectivity index (χ1n) is 13.5. The zero-order chi connectivity index (χ0) is 31.5. The van der Waals surface area contributed by atoms with Gasteiger partial charge in [-0.05, 0) is 65.0 Å². The highest BCUT2D eigenvalue weighted by atomic mass is 19.4. The second kappa shape index (κ2) is 15.0. The maximum Gasteiger partial charge on any atom is 0.416 e. The molecule has 0 unspecified atom stereocenters. The average molecular weight is 610 g/mol. The molecule has 4 rings (SSSR count). The Balaban J connectivity index is 1.28. The molecule has 0 atom stereocenters. The zero-order valence-corrected chi connectivity index (χ0v) is 23.5. The van der Waals surface area contributed by atoms with E-state index in [1.165, 1.54) is 12.1 Å².